The Kier molecular flexibility index (Phi) is 3.79. The third-order valence-electron chi connectivity index (χ3n) is 5.37. The second-order valence-electron chi connectivity index (χ2n) is 7.16. The molecule has 0 saturated heterocycles. The maximum atomic E-state index is 6.34. The van der Waals surface area contributed by atoms with Crippen LogP contribution in [0.25, 0.3) is 49.9 Å². The lowest BCUT2D eigenvalue weighted by atomic mass is 10.1. The zero-order chi connectivity index (χ0) is 20.1. The summed E-state index contributed by atoms with van der Waals surface area (Å²) in [6.07, 6.45) is 0. The van der Waals surface area contributed by atoms with Crippen LogP contribution < -0.4 is 0 Å². The summed E-state index contributed by atoms with van der Waals surface area (Å²) >= 11 is 6.34. The van der Waals surface area contributed by atoms with Crippen molar-refractivity contribution in [2.45, 2.75) is 0 Å². The van der Waals surface area contributed by atoms with Crippen molar-refractivity contribution >= 4 is 44.2 Å². The average Bonchev–Trinajstić information content (AvgIpc) is 3.11. The second-order valence-corrected chi connectivity index (χ2v) is 7.50. The fourth-order valence-corrected chi connectivity index (χ4v) is 4.18. The minimum Gasteiger partial charge on any atom is -0.278 e. The summed E-state index contributed by atoms with van der Waals surface area (Å²) < 4.78 is 2.07. The molecule has 0 aliphatic heterocycles. The van der Waals surface area contributed by atoms with Crippen molar-refractivity contribution in [2.24, 2.45) is 0 Å². The molecule has 5 heteroatoms. The van der Waals surface area contributed by atoms with Gasteiger partial charge in [-0.1, -0.05) is 72.8 Å². The topological polar surface area (TPSA) is 43.6 Å². The summed E-state index contributed by atoms with van der Waals surface area (Å²) in [5.74, 6) is 1.06. The van der Waals surface area contributed by atoms with Crippen molar-refractivity contribution < 1.29 is 0 Å². The summed E-state index contributed by atoms with van der Waals surface area (Å²) in [6.45, 7) is 0. The predicted octanol–water partition coefficient (Wildman–Crippen LogP) is 6.44. The Labute approximate surface area is 177 Å². The van der Waals surface area contributed by atoms with E-state index in [-0.39, 0.29) is 5.28 Å². The van der Waals surface area contributed by atoms with Gasteiger partial charge in [-0.3, -0.25) is 4.57 Å². The van der Waals surface area contributed by atoms with Gasteiger partial charge < -0.3 is 0 Å². The molecule has 0 saturated carbocycles. The first-order chi connectivity index (χ1) is 14.8. The summed E-state index contributed by atoms with van der Waals surface area (Å²) in [4.78, 5) is 13.6. The fourth-order valence-electron chi connectivity index (χ4n) is 4.03. The maximum Gasteiger partial charge on any atom is 0.239 e. The van der Waals surface area contributed by atoms with E-state index in [1.807, 2.05) is 36.4 Å². The smallest absolute Gasteiger partial charge is 0.239 e. The molecule has 0 atom stereocenters. The number of benzene rings is 4. The van der Waals surface area contributed by atoms with Gasteiger partial charge in [0, 0.05) is 16.3 Å². The Morgan fingerprint density at radius 1 is 0.600 bits per heavy atom. The van der Waals surface area contributed by atoms with E-state index in [0.717, 1.165) is 32.8 Å². The Morgan fingerprint density at radius 2 is 1.30 bits per heavy atom. The highest BCUT2D eigenvalue weighted by Gasteiger charge is 2.16. The number of nitrogens with zero attached hydrogens (tertiary/aromatic N) is 4. The van der Waals surface area contributed by atoms with E-state index in [1.54, 1.807) is 0 Å². The van der Waals surface area contributed by atoms with Gasteiger partial charge in [0.1, 0.15) is 0 Å². The van der Waals surface area contributed by atoms with Crippen molar-refractivity contribution in [3.8, 4) is 17.3 Å². The normalized spacial score (nSPS) is 11.5. The molecule has 142 valence electrons. The Bertz CT molecular complexity index is 1550. The zero-order valence-corrected chi connectivity index (χ0v) is 16.6. The molecule has 0 aliphatic carbocycles. The van der Waals surface area contributed by atoms with Crippen molar-refractivity contribution in [1.82, 2.24) is 19.5 Å². The molecule has 2 heterocycles. The van der Waals surface area contributed by atoms with Crippen molar-refractivity contribution in [3.63, 3.8) is 0 Å². The molecule has 4 nitrogen and oxygen atoms in total. The summed E-state index contributed by atoms with van der Waals surface area (Å²) in [6, 6.07) is 30.9. The molecule has 0 aliphatic rings. The highest BCUT2D eigenvalue weighted by molar-refractivity contribution is 6.28. The first-order valence-electron chi connectivity index (χ1n) is 9.67. The van der Waals surface area contributed by atoms with Crippen LogP contribution in [0.1, 0.15) is 0 Å². The highest BCUT2D eigenvalue weighted by atomic mass is 35.5. The molecule has 2 aromatic heterocycles. The van der Waals surface area contributed by atoms with Crippen LogP contribution in [0.4, 0.5) is 0 Å². The van der Waals surface area contributed by atoms with E-state index in [2.05, 4.69) is 69.1 Å². The number of hydrogen-bond acceptors (Lipinski definition) is 3. The number of fused-ring (bicyclic) bond motifs is 4. The first-order valence-corrected chi connectivity index (χ1v) is 10.0. The van der Waals surface area contributed by atoms with Crippen LogP contribution in [-0.4, -0.2) is 19.5 Å². The summed E-state index contributed by atoms with van der Waals surface area (Å²) in [5, 5.41) is 4.84. The third-order valence-corrected chi connectivity index (χ3v) is 5.54. The van der Waals surface area contributed by atoms with Crippen molar-refractivity contribution in [2.75, 3.05) is 0 Å². The predicted molar refractivity (Wildman–Crippen MR) is 122 cm³/mol. The van der Waals surface area contributed by atoms with Gasteiger partial charge in [0.05, 0.1) is 11.0 Å². The van der Waals surface area contributed by atoms with Crippen LogP contribution in [0, 0.1) is 0 Å². The number of aromatic nitrogens is 4. The van der Waals surface area contributed by atoms with E-state index in [0.29, 0.717) is 11.8 Å². The van der Waals surface area contributed by atoms with E-state index < -0.39 is 0 Å². The molecule has 30 heavy (non-hydrogen) atoms. The second kappa shape index (κ2) is 6.65. The Morgan fingerprint density at radius 3 is 2.13 bits per heavy atom. The molecule has 0 radical (unpaired) electrons. The van der Waals surface area contributed by atoms with Crippen molar-refractivity contribution in [3.05, 3.63) is 96.3 Å². The lowest BCUT2D eigenvalue weighted by molar-refractivity contribution is 0.947. The molecule has 4 aromatic carbocycles. The van der Waals surface area contributed by atoms with Crippen LogP contribution in [0.15, 0.2) is 91.0 Å². The van der Waals surface area contributed by atoms with Crippen LogP contribution in [0.5, 0.6) is 0 Å². The monoisotopic (exact) mass is 406 g/mol. The molecule has 6 rings (SSSR count). The van der Waals surface area contributed by atoms with Gasteiger partial charge in [0.25, 0.3) is 0 Å². The van der Waals surface area contributed by atoms with Gasteiger partial charge in [0.15, 0.2) is 5.82 Å². The molecule has 0 spiro atoms. The van der Waals surface area contributed by atoms with Gasteiger partial charge in [-0.05, 0) is 40.6 Å². The van der Waals surface area contributed by atoms with Gasteiger partial charge in [0.2, 0.25) is 11.2 Å². The highest BCUT2D eigenvalue weighted by Crippen LogP contribution is 2.34. The number of para-hydroxylation sites is 1. The Balaban J connectivity index is 1.72. The van der Waals surface area contributed by atoms with E-state index in [1.165, 1.54) is 5.39 Å². The molecular formula is C25H15ClN4. The summed E-state index contributed by atoms with van der Waals surface area (Å²) in [7, 11) is 0. The Hall–Kier alpha value is -3.76. The molecule has 0 fully saturated rings. The number of hydrogen-bond donors (Lipinski definition) is 0. The molecular weight excluding hydrogens is 392 g/mol. The van der Waals surface area contributed by atoms with Gasteiger partial charge in [-0.25, -0.2) is 0 Å². The molecule has 0 N–H and O–H groups in total. The molecule has 0 unspecified atom stereocenters. The maximum absolute atomic E-state index is 6.34. The zero-order valence-electron chi connectivity index (χ0n) is 15.8. The van der Waals surface area contributed by atoms with E-state index in [4.69, 9.17) is 16.6 Å². The minimum atomic E-state index is 0.172. The minimum absolute atomic E-state index is 0.172. The third kappa shape index (κ3) is 2.65. The SMILES string of the molecule is Clc1nc(-c2ccccc2)nc(-n2c3ccccc3c3cc4ccccc4cc32)n1. The van der Waals surface area contributed by atoms with Crippen LogP contribution in [0.2, 0.25) is 5.28 Å². The van der Waals surface area contributed by atoms with Gasteiger partial charge in [-0.15, -0.1) is 0 Å². The fraction of sp³-hybridized carbons (Fsp3) is 0. The van der Waals surface area contributed by atoms with Gasteiger partial charge >= 0.3 is 0 Å². The quantitative estimate of drug-likeness (QED) is 0.332. The van der Waals surface area contributed by atoms with Crippen molar-refractivity contribution in [1.29, 1.82) is 0 Å². The average molecular weight is 407 g/mol. The standard InChI is InChI=1S/C25H15ClN4/c26-24-27-23(16-8-2-1-3-9-16)28-25(29-24)30-21-13-7-6-12-19(21)20-14-17-10-4-5-11-18(17)15-22(20)30/h1-15H. The summed E-state index contributed by atoms with van der Waals surface area (Å²) in [5.41, 5.74) is 2.97. The lowest BCUT2D eigenvalue weighted by Crippen LogP contribution is -2.04. The molecule has 0 bridgehead atoms. The molecule has 6 aromatic rings. The van der Waals surface area contributed by atoms with E-state index in [9.17, 15) is 0 Å². The lowest BCUT2D eigenvalue weighted by Gasteiger charge is -2.08. The van der Waals surface area contributed by atoms with Crippen LogP contribution in [0.3, 0.4) is 0 Å². The van der Waals surface area contributed by atoms with E-state index >= 15 is 0 Å². The number of rotatable bonds is 2. The molecule has 0 amide bonds. The van der Waals surface area contributed by atoms with Crippen LogP contribution in [-0.2, 0) is 0 Å². The largest absolute Gasteiger partial charge is 0.278 e. The number of halogens is 1. The van der Waals surface area contributed by atoms with Crippen LogP contribution >= 0.6 is 11.6 Å². The van der Waals surface area contributed by atoms with Gasteiger partial charge in [-0.2, -0.15) is 15.0 Å². The first kappa shape index (κ1) is 17.1.